The van der Waals surface area contributed by atoms with Crippen LogP contribution in [0, 0.1) is 11.2 Å². The van der Waals surface area contributed by atoms with E-state index in [0.717, 1.165) is 16.7 Å². The molecule has 2 amide bonds. The number of nitrogens with one attached hydrogen (secondary N) is 1. The monoisotopic (exact) mass is 431 g/mol. The Labute approximate surface area is 187 Å². The summed E-state index contributed by atoms with van der Waals surface area (Å²) in [5.74, 6) is -0.743. The molecule has 0 aliphatic carbocycles. The number of hydrogen-bond acceptors (Lipinski definition) is 3. The smallest absolute Gasteiger partial charge is 0.253 e. The largest absolute Gasteiger partial charge is 0.356 e. The number of hydrogen-bond donors (Lipinski definition) is 1. The molecular formula is C26H26FN3O2. The molecule has 1 saturated heterocycles. The Hall–Kier alpha value is -3.54. The molecule has 0 spiro atoms. The average molecular weight is 432 g/mol. The molecule has 0 unspecified atom stereocenters. The number of aromatic nitrogens is 1. The Bertz CT molecular complexity index is 1100. The molecule has 164 valence electrons. The summed E-state index contributed by atoms with van der Waals surface area (Å²) in [6.45, 7) is 3.18. The minimum Gasteiger partial charge on any atom is -0.356 e. The van der Waals surface area contributed by atoms with Crippen LogP contribution in [0.4, 0.5) is 4.39 Å². The van der Waals surface area contributed by atoms with Crippen molar-refractivity contribution in [2.45, 2.75) is 19.8 Å². The zero-order chi connectivity index (χ0) is 22.6. The fourth-order valence-electron chi connectivity index (χ4n) is 4.35. The number of carbonyl (C=O) groups is 2. The Morgan fingerprint density at radius 1 is 1.09 bits per heavy atom. The average Bonchev–Trinajstić information content (AvgIpc) is 3.25. The molecule has 1 N–H and O–H groups in total. The van der Waals surface area contributed by atoms with Crippen molar-refractivity contribution < 1.29 is 14.0 Å². The first-order chi connectivity index (χ1) is 15.5. The van der Waals surface area contributed by atoms with Crippen molar-refractivity contribution in [2.75, 3.05) is 19.6 Å². The Morgan fingerprint density at radius 3 is 2.59 bits per heavy atom. The van der Waals surface area contributed by atoms with Gasteiger partial charge >= 0.3 is 0 Å². The normalized spacial score (nSPS) is 17.9. The lowest BCUT2D eigenvalue weighted by atomic mass is 9.79. The molecule has 2 heterocycles. The summed E-state index contributed by atoms with van der Waals surface area (Å²) in [4.78, 5) is 31.9. The molecule has 0 radical (unpaired) electrons. The van der Waals surface area contributed by atoms with Gasteiger partial charge in [0.05, 0.1) is 5.41 Å². The highest BCUT2D eigenvalue weighted by atomic mass is 19.1. The van der Waals surface area contributed by atoms with Gasteiger partial charge in [-0.25, -0.2) is 4.39 Å². The SMILES string of the molecule is CCNC(=O)[C@]1(Cc2ccc(-c3cccnc3)cc2)CCN(C(=O)c2cccc(F)c2)C1. The van der Waals surface area contributed by atoms with Crippen LogP contribution in [-0.2, 0) is 11.2 Å². The number of carbonyl (C=O) groups excluding carboxylic acids is 2. The van der Waals surface area contributed by atoms with E-state index in [1.807, 2.05) is 49.5 Å². The number of nitrogens with zero attached hydrogens (tertiary/aromatic N) is 2. The van der Waals surface area contributed by atoms with E-state index in [9.17, 15) is 14.0 Å². The van der Waals surface area contributed by atoms with Gasteiger partial charge in [0.1, 0.15) is 5.82 Å². The van der Waals surface area contributed by atoms with E-state index in [2.05, 4.69) is 10.3 Å². The second-order valence-corrected chi connectivity index (χ2v) is 8.24. The second-order valence-electron chi connectivity index (χ2n) is 8.24. The molecule has 1 atom stereocenters. The summed E-state index contributed by atoms with van der Waals surface area (Å²) in [5, 5.41) is 2.95. The van der Waals surface area contributed by atoms with E-state index in [1.54, 1.807) is 17.2 Å². The number of halogens is 1. The molecule has 1 aliphatic heterocycles. The van der Waals surface area contributed by atoms with Crippen LogP contribution in [0.15, 0.2) is 73.1 Å². The van der Waals surface area contributed by atoms with Gasteiger partial charge in [-0.05, 0) is 60.7 Å². The summed E-state index contributed by atoms with van der Waals surface area (Å²) in [6, 6.07) is 17.7. The standard InChI is InChI=1S/C26H26FN3O2/c1-2-29-25(32)26(12-14-30(18-26)24(31)21-5-3-7-23(27)15-21)16-19-8-10-20(11-9-19)22-6-4-13-28-17-22/h3-11,13,15,17H,2,12,14,16,18H2,1H3,(H,29,32)/t26-/m0/s1. The maximum absolute atomic E-state index is 13.6. The van der Waals surface area contributed by atoms with Crippen molar-refractivity contribution in [3.05, 3.63) is 90.0 Å². The number of amides is 2. The van der Waals surface area contributed by atoms with Crippen molar-refractivity contribution in [1.29, 1.82) is 0 Å². The van der Waals surface area contributed by atoms with Gasteiger partial charge in [0.25, 0.3) is 5.91 Å². The van der Waals surface area contributed by atoms with Crippen LogP contribution in [0.3, 0.4) is 0 Å². The zero-order valence-electron chi connectivity index (χ0n) is 18.1. The van der Waals surface area contributed by atoms with E-state index in [4.69, 9.17) is 0 Å². The Kier molecular flexibility index (Phi) is 6.30. The van der Waals surface area contributed by atoms with Gasteiger partial charge in [0.2, 0.25) is 5.91 Å². The summed E-state index contributed by atoms with van der Waals surface area (Å²) in [6.07, 6.45) is 4.65. The van der Waals surface area contributed by atoms with Gasteiger partial charge in [-0.3, -0.25) is 14.6 Å². The molecule has 3 aromatic rings. The highest BCUT2D eigenvalue weighted by Gasteiger charge is 2.45. The van der Waals surface area contributed by atoms with E-state index in [0.29, 0.717) is 38.0 Å². The van der Waals surface area contributed by atoms with Gasteiger partial charge in [-0.2, -0.15) is 0 Å². The zero-order valence-corrected chi connectivity index (χ0v) is 18.1. The molecule has 2 aromatic carbocycles. The molecule has 0 bridgehead atoms. The first-order valence-electron chi connectivity index (χ1n) is 10.8. The topological polar surface area (TPSA) is 62.3 Å². The van der Waals surface area contributed by atoms with Gasteiger partial charge < -0.3 is 10.2 Å². The van der Waals surface area contributed by atoms with Crippen LogP contribution >= 0.6 is 0 Å². The number of pyridine rings is 1. The van der Waals surface area contributed by atoms with Crippen molar-refractivity contribution in [3.8, 4) is 11.1 Å². The molecule has 1 aliphatic rings. The van der Waals surface area contributed by atoms with E-state index >= 15 is 0 Å². The lowest BCUT2D eigenvalue weighted by Crippen LogP contribution is -2.45. The fourth-order valence-corrected chi connectivity index (χ4v) is 4.35. The summed E-state index contributed by atoms with van der Waals surface area (Å²) >= 11 is 0. The fraction of sp³-hybridized carbons (Fsp3) is 0.269. The van der Waals surface area contributed by atoms with Crippen molar-refractivity contribution in [3.63, 3.8) is 0 Å². The molecule has 1 fully saturated rings. The minimum absolute atomic E-state index is 0.0501. The quantitative estimate of drug-likeness (QED) is 0.639. The van der Waals surface area contributed by atoms with Gasteiger partial charge in [-0.15, -0.1) is 0 Å². The first kappa shape index (κ1) is 21.7. The molecular weight excluding hydrogens is 405 g/mol. The molecule has 32 heavy (non-hydrogen) atoms. The number of likely N-dealkylation sites (tertiary alicyclic amines) is 1. The number of benzene rings is 2. The van der Waals surface area contributed by atoms with Crippen LogP contribution in [0.2, 0.25) is 0 Å². The maximum atomic E-state index is 13.6. The molecule has 6 heteroatoms. The van der Waals surface area contributed by atoms with Crippen LogP contribution in [-0.4, -0.2) is 41.3 Å². The third-order valence-corrected chi connectivity index (χ3v) is 6.02. The lowest BCUT2D eigenvalue weighted by Gasteiger charge is -2.28. The van der Waals surface area contributed by atoms with Crippen molar-refractivity contribution in [1.82, 2.24) is 15.2 Å². The van der Waals surface area contributed by atoms with E-state index in [-0.39, 0.29) is 11.8 Å². The summed E-state index contributed by atoms with van der Waals surface area (Å²) in [5.41, 5.74) is 2.71. The van der Waals surface area contributed by atoms with Gasteiger partial charge in [0.15, 0.2) is 0 Å². The van der Waals surface area contributed by atoms with E-state index < -0.39 is 11.2 Å². The molecule has 0 saturated carbocycles. The first-order valence-corrected chi connectivity index (χ1v) is 10.8. The summed E-state index contributed by atoms with van der Waals surface area (Å²) in [7, 11) is 0. The molecule has 4 rings (SSSR count). The summed E-state index contributed by atoms with van der Waals surface area (Å²) < 4.78 is 13.6. The number of rotatable bonds is 6. The maximum Gasteiger partial charge on any atom is 0.253 e. The van der Waals surface area contributed by atoms with Crippen LogP contribution < -0.4 is 5.32 Å². The minimum atomic E-state index is -0.713. The van der Waals surface area contributed by atoms with E-state index in [1.165, 1.54) is 18.2 Å². The Morgan fingerprint density at radius 2 is 1.91 bits per heavy atom. The Balaban J connectivity index is 1.55. The highest BCUT2D eigenvalue weighted by molar-refractivity contribution is 5.95. The third-order valence-electron chi connectivity index (χ3n) is 6.02. The van der Waals surface area contributed by atoms with Crippen LogP contribution in [0.5, 0.6) is 0 Å². The predicted molar refractivity (Wildman–Crippen MR) is 121 cm³/mol. The molecule has 1 aromatic heterocycles. The van der Waals surface area contributed by atoms with Gasteiger partial charge in [0, 0.05) is 37.6 Å². The van der Waals surface area contributed by atoms with Crippen molar-refractivity contribution in [2.24, 2.45) is 5.41 Å². The highest BCUT2D eigenvalue weighted by Crippen LogP contribution is 2.36. The van der Waals surface area contributed by atoms with Crippen molar-refractivity contribution >= 4 is 11.8 Å². The predicted octanol–water partition coefficient (Wildman–Crippen LogP) is 4.10. The van der Waals surface area contributed by atoms with Gasteiger partial charge in [-0.1, -0.05) is 36.4 Å². The molecule has 5 nitrogen and oxygen atoms in total. The van der Waals surface area contributed by atoms with Crippen LogP contribution in [0.25, 0.3) is 11.1 Å². The van der Waals surface area contributed by atoms with Crippen LogP contribution in [0.1, 0.15) is 29.3 Å². The lowest BCUT2D eigenvalue weighted by molar-refractivity contribution is -0.130. The third kappa shape index (κ3) is 4.54. The second kappa shape index (κ2) is 9.30.